The summed E-state index contributed by atoms with van der Waals surface area (Å²) in [6, 6.07) is 0. The van der Waals surface area contributed by atoms with E-state index in [4.69, 9.17) is 0 Å². The summed E-state index contributed by atoms with van der Waals surface area (Å²) in [5.74, 6) is 0. The fourth-order valence-corrected chi connectivity index (χ4v) is 0. The molecule has 0 aromatic carbocycles. The van der Waals surface area contributed by atoms with Crippen molar-refractivity contribution in [3.05, 3.63) is 0 Å². The van der Waals surface area contributed by atoms with Gasteiger partial charge in [-0.15, -0.1) is 0 Å². The van der Waals surface area contributed by atoms with E-state index in [1.807, 2.05) is 0 Å². The maximum absolute atomic E-state index is 0. The van der Waals surface area contributed by atoms with Crippen LogP contribution in [0.25, 0.3) is 0 Å². The smallest absolute Gasteiger partial charge is 0 e. The summed E-state index contributed by atoms with van der Waals surface area (Å²) in [5, 5.41) is 0. The third-order valence-electron chi connectivity index (χ3n) is 0. The van der Waals surface area contributed by atoms with Gasteiger partial charge in [0, 0.05) is 65.8 Å². The second-order valence-electron chi connectivity index (χ2n) is 0. The topological polar surface area (TPSA) is 158 Å². The van der Waals surface area contributed by atoms with E-state index in [0.29, 0.717) is 0 Å². The summed E-state index contributed by atoms with van der Waals surface area (Å²) in [6.07, 6.45) is 0. The number of hydrogen-bond donors (Lipinski definition) is 0. The average molecular weight is 647 g/mol. The summed E-state index contributed by atoms with van der Waals surface area (Å²) >= 11 is 0. The van der Waals surface area contributed by atoms with Crippen LogP contribution in [0.4, 0.5) is 0 Å². The van der Waals surface area contributed by atoms with Crippen molar-refractivity contribution in [1.29, 1.82) is 0 Å². The molecule has 0 heterocycles. The largest absolute Gasteiger partial charge is 0.412 e. The van der Waals surface area contributed by atoms with Crippen molar-refractivity contribution in [1.82, 2.24) is 0 Å². The Morgan fingerprint density at radius 3 is 0.375 bits per heavy atom. The van der Waals surface area contributed by atoms with Gasteiger partial charge in [-0.2, -0.15) is 0 Å². The Labute approximate surface area is 92.4 Å². The maximum Gasteiger partial charge on any atom is 0 e. The van der Waals surface area contributed by atoms with Crippen molar-refractivity contribution in [2.45, 2.75) is 0 Å². The molecular formula is H10O5PtTa2. The third kappa shape index (κ3) is 99.8. The molecular weight excluding hydrogens is 637 g/mol. The van der Waals surface area contributed by atoms with Crippen LogP contribution in [0.1, 0.15) is 0 Å². The van der Waals surface area contributed by atoms with E-state index in [1.54, 1.807) is 0 Å². The van der Waals surface area contributed by atoms with E-state index in [-0.39, 0.29) is 93.2 Å². The van der Waals surface area contributed by atoms with Crippen molar-refractivity contribution < 1.29 is 93.2 Å². The molecule has 0 aliphatic carbocycles. The Hall–Kier alpha value is 1.97. The fraction of sp³-hybridized carbons (Fsp3) is 0. The second-order valence-corrected chi connectivity index (χ2v) is 0. The quantitative estimate of drug-likeness (QED) is 0.251. The molecule has 0 rings (SSSR count). The monoisotopic (exact) mass is 647 g/mol. The van der Waals surface area contributed by atoms with Crippen LogP contribution in [0.5, 0.6) is 0 Å². The van der Waals surface area contributed by atoms with Crippen LogP contribution >= 0.6 is 0 Å². The molecule has 0 saturated carbocycles. The van der Waals surface area contributed by atoms with E-state index in [1.165, 1.54) is 0 Å². The van der Waals surface area contributed by atoms with E-state index < -0.39 is 0 Å². The van der Waals surface area contributed by atoms with Crippen molar-refractivity contribution in [2.24, 2.45) is 0 Å². The molecule has 60 valence electrons. The van der Waals surface area contributed by atoms with Gasteiger partial charge in [-0.05, 0) is 0 Å². The van der Waals surface area contributed by atoms with Gasteiger partial charge in [0.1, 0.15) is 0 Å². The predicted molar refractivity (Wildman–Crippen MR) is 18.1 cm³/mol. The van der Waals surface area contributed by atoms with Gasteiger partial charge in [0.15, 0.2) is 0 Å². The van der Waals surface area contributed by atoms with Crippen LogP contribution in [0.2, 0.25) is 0 Å². The van der Waals surface area contributed by atoms with E-state index in [2.05, 4.69) is 0 Å². The molecule has 0 aliphatic rings. The molecule has 10 N–H and O–H groups in total. The molecule has 5 nitrogen and oxygen atoms in total. The molecule has 0 unspecified atom stereocenters. The van der Waals surface area contributed by atoms with Gasteiger partial charge in [-0.1, -0.05) is 0 Å². The minimum Gasteiger partial charge on any atom is -0.412 e. The molecule has 8 heteroatoms. The first-order valence-electron chi connectivity index (χ1n) is 0. The van der Waals surface area contributed by atoms with E-state index in [0.717, 1.165) is 0 Å². The van der Waals surface area contributed by atoms with Crippen LogP contribution < -0.4 is 0 Å². The van der Waals surface area contributed by atoms with Gasteiger partial charge < -0.3 is 27.4 Å². The zero-order valence-electron chi connectivity index (χ0n) is 3.71. The molecule has 0 fully saturated rings. The molecule has 0 aromatic heterocycles. The van der Waals surface area contributed by atoms with Crippen molar-refractivity contribution in [2.75, 3.05) is 0 Å². The summed E-state index contributed by atoms with van der Waals surface area (Å²) < 4.78 is 0. The average Bonchev–Trinajstić information content (AvgIpc) is 0. The number of rotatable bonds is 0. The van der Waals surface area contributed by atoms with Crippen LogP contribution in [-0.2, 0) is 65.8 Å². The van der Waals surface area contributed by atoms with Gasteiger partial charge in [0.25, 0.3) is 0 Å². The summed E-state index contributed by atoms with van der Waals surface area (Å²) in [5.41, 5.74) is 0. The van der Waals surface area contributed by atoms with Gasteiger partial charge in [-0.25, -0.2) is 0 Å². The van der Waals surface area contributed by atoms with Crippen LogP contribution in [0.15, 0.2) is 0 Å². The standard InChI is InChI=1S/5H2O.Pt.2Ta/h5*1H2;;;. The Morgan fingerprint density at radius 1 is 0.375 bits per heavy atom. The predicted octanol–water partition coefficient (Wildman–Crippen LogP) is -4.13. The molecule has 8 heavy (non-hydrogen) atoms. The first-order chi connectivity index (χ1) is 0. The number of hydrogen-bond acceptors (Lipinski definition) is 0. The molecule has 0 spiro atoms. The van der Waals surface area contributed by atoms with Crippen LogP contribution in [0, 0.1) is 0 Å². The Bertz CT molecular complexity index is 10.4. The summed E-state index contributed by atoms with van der Waals surface area (Å²) in [6.45, 7) is 0. The molecule has 0 bridgehead atoms. The van der Waals surface area contributed by atoms with Crippen molar-refractivity contribution >= 4 is 0 Å². The minimum absolute atomic E-state index is 0. The minimum atomic E-state index is 0. The van der Waals surface area contributed by atoms with E-state index >= 15 is 0 Å². The summed E-state index contributed by atoms with van der Waals surface area (Å²) in [7, 11) is 0. The Morgan fingerprint density at radius 2 is 0.375 bits per heavy atom. The fourth-order valence-electron chi connectivity index (χ4n) is 0. The maximum atomic E-state index is 0. The van der Waals surface area contributed by atoms with Gasteiger partial charge in [0.05, 0.1) is 0 Å². The Kier molecular flexibility index (Phi) is 3800. The normalized spacial score (nSPS) is 0. The SMILES string of the molecule is O.O.O.O.O.[Pt].[Ta].[Ta]. The summed E-state index contributed by atoms with van der Waals surface area (Å²) in [4.78, 5) is 0. The first kappa shape index (κ1) is 207. The van der Waals surface area contributed by atoms with Gasteiger partial charge >= 0.3 is 0 Å². The first-order valence-corrected chi connectivity index (χ1v) is 0. The zero-order valence-corrected chi connectivity index (χ0v) is 12.4. The molecule has 0 aliphatic heterocycles. The second kappa shape index (κ2) is 147. The third-order valence-corrected chi connectivity index (χ3v) is 0. The zero-order chi connectivity index (χ0) is 0. The molecule has 2 radical (unpaired) electrons. The molecule has 0 aromatic rings. The molecule has 0 atom stereocenters. The van der Waals surface area contributed by atoms with Crippen molar-refractivity contribution in [3.63, 3.8) is 0 Å². The van der Waals surface area contributed by atoms with E-state index in [9.17, 15) is 0 Å². The molecule has 0 saturated heterocycles. The van der Waals surface area contributed by atoms with Crippen LogP contribution in [0.3, 0.4) is 0 Å². The van der Waals surface area contributed by atoms with Crippen LogP contribution in [-0.4, -0.2) is 27.4 Å². The van der Waals surface area contributed by atoms with Crippen molar-refractivity contribution in [3.8, 4) is 0 Å². The Balaban J connectivity index is 0. The van der Waals surface area contributed by atoms with Gasteiger partial charge in [0.2, 0.25) is 0 Å². The van der Waals surface area contributed by atoms with Gasteiger partial charge in [-0.3, -0.25) is 0 Å². The molecule has 0 amide bonds.